The van der Waals surface area contributed by atoms with Crippen LogP contribution in [0.5, 0.6) is 0 Å². The van der Waals surface area contributed by atoms with Gasteiger partial charge in [-0.3, -0.25) is 4.98 Å². The SMILES string of the molecule is Cc1cccnc1-c1cccc(-c2ccc3oc4cc5oc6ccccc6c5cc4c3c2)c1. The van der Waals surface area contributed by atoms with E-state index in [2.05, 4.69) is 72.6 Å². The Kier molecular flexibility index (Phi) is 3.76. The minimum atomic E-state index is 0.839. The molecule has 3 heteroatoms. The molecule has 3 nitrogen and oxygen atoms in total. The quantitative estimate of drug-likeness (QED) is 0.279. The zero-order valence-electron chi connectivity index (χ0n) is 18.0. The van der Waals surface area contributed by atoms with E-state index in [1.54, 1.807) is 0 Å². The molecule has 7 rings (SSSR count). The van der Waals surface area contributed by atoms with Crippen LogP contribution in [0.1, 0.15) is 5.56 Å². The molecule has 156 valence electrons. The highest BCUT2D eigenvalue weighted by Crippen LogP contribution is 2.38. The van der Waals surface area contributed by atoms with Gasteiger partial charge in [0.25, 0.3) is 0 Å². The molecule has 0 bridgehead atoms. The second-order valence-electron chi connectivity index (χ2n) is 8.51. The molecule has 0 spiro atoms. The largest absolute Gasteiger partial charge is 0.456 e. The molecule has 0 radical (unpaired) electrons. The highest BCUT2D eigenvalue weighted by molar-refractivity contribution is 6.15. The zero-order chi connectivity index (χ0) is 21.9. The lowest BCUT2D eigenvalue weighted by Gasteiger charge is -2.08. The van der Waals surface area contributed by atoms with Crippen LogP contribution in [-0.2, 0) is 0 Å². The van der Waals surface area contributed by atoms with Crippen molar-refractivity contribution in [1.82, 2.24) is 4.98 Å². The summed E-state index contributed by atoms with van der Waals surface area (Å²) in [6, 6.07) is 31.4. The summed E-state index contributed by atoms with van der Waals surface area (Å²) in [5.74, 6) is 0. The fourth-order valence-electron chi connectivity index (χ4n) is 4.81. The summed E-state index contributed by atoms with van der Waals surface area (Å²) < 4.78 is 12.2. The van der Waals surface area contributed by atoms with E-state index >= 15 is 0 Å². The Bertz CT molecular complexity index is 1840. The Morgan fingerprint density at radius 3 is 2.12 bits per heavy atom. The normalized spacial score (nSPS) is 11.8. The van der Waals surface area contributed by atoms with Gasteiger partial charge in [0.05, 0.1) is 5.69 Å². The van der Waals surface area contributed by atoms with Crippen molar-refractivity contribution in [2.24, 2.45) is 0 Å². The number of aromatic nitrogens is 1. The van der Waals surface area contributed by atoms with Crippen LogP contribution in [0.25, 0.3) is 66.3 Å². The lowest BCUT2D eigenvalue weighted by Crippen LogP contribution is -1.88. The molecule has 0 saturated heterocycles. The Balaban J connectivity index is 1.43. The molecule has 0 aliphatic heterocycles. The summed E-state index contributed by atoms with van der Waals surface area (Å²) in [5.41, 5.74) is 9.07. The van der Waals surface area contributed by atoms with Gasteiger partial charge in [-0.05, 0) is 60.0 Å². The van der Waals surface area contributed by atoms with Crippen LogP contribution < -0.4 is 0 Å². The summed E-state index contributed by atoms with van der Waals surface area (Å²) in [7, 11) is 0. The zero-order valence-corrected chi connectivity index (χ0v) is 18.0. The first kappa shape index (κ1) is 18.2. The number of hydrogen-bond acceptors (Lipinski definition) is 3. The first-order valence-electron chi connectivity index (χ1n) is 11.0. The fraction of sp³-hybridized carbons (Fsp3) is 0.0333. The van der Waals surface area contributed by atoms with E-state index in [1.165, 1.54) is 5.56 Å². The third-order valence-corrected chi connectivity index (χ3v) is 6.45. The standard InChI is InChI=1S/C30H19NO2/c1-18-6-5-13-31-30(18)21-8-4-7-19(14-21)20-11-12-27-23(15-20)25-16-24-22-9-2-3-10-26(22)32-28(24)17-29(25)33-27/h2-17H,1H3. The molecule has 0 aliphatic carbocycles. The molecular weight excluding hydrogens is 406 g/mol. The third kappa shape index (κ3) is 2.79. The fourth-order valence-corrected chi connectivity index (χ4v) is 4.81. The van der Waals surface area contributed by atoms with Gasteiger partial charge in [-0.25, -0.2) is 0 Å². The molecule has 3 heterocycles. The van der Waals surface area contributed by atoms with E-state index < -0.39 is 0 Å². The number of aryl methyl sites for hydroxylation is 1. The van der Waals surface area contributed by atoms with Crippen molar-refractivity contribution in [3.05, 3.63) is 103 Å². The minimum absolute atomic E-state index is 0.839. The molecule has 0 N–H and O–H groups in total. The summed E-state index contributed by atoms with van der Waals surface area (Å²) in [4.78, 5) is 4.59. The maximum absolute atomic E-state index is 6.19. The van der Waals surface area contributed by atoms with Crippen LogP contribution in [0, 0.1) is 6.92 Å². The Morgan fingerprint density at radius 1 is 0.515 bits per heavy atom. The van der Waals surface area contributed by atoms with E-state index in [9.17, 15) is 0 Å². The van der Waals surface area contributed by atoms with Crippen molar-refractivity contribution < 1.29 is 8.83 Å². The van der Waals surface area contributed by atoms with E-state index in [4.69, 9.17) is 8.83 Å². The molecule has 0 atom stereocenters. The van der Waals surface area contributed by atoms with Gasteiger partial charge in [0.2, 0.25) is 0 Å². The van der Waals surface area contributed by atoms with Crippen LogP contribution in [0.3, 0.4) is 0 Å². The number of para-hydroxylation sites is 1. The van der Waals surface area contributed by atoms with Gasteiger partial charge in [0.1, 0.15) is 22.3 Å². The van der Waals surface area contributed by atoms with Crippen molar-refractivity contribution in [3.8, 4) is 22.4 Å². The number of hydrogen-bond donors (Lipinski definition) is 0. The van der Waals surface area contributed by atoms with Gasteiger partial charge in [-0.1, -0.05) is 48.5 Å². The summed E-state index contributed by atoms with van der Waals surface area (Å²) in [6.45, 7) is 2.10. The monoisotopic (exact) mass is 425 g/mol. The molecule has 0 amide bonds. The van der Waals surface area contributed by atoms with Gasteiger partial charge in [0.15, 0.2) is 0 Å². The van der Waals surface area contributed by atoms with Crippen LogP contribution in [0.15, 0.2) is 106 Å². The van der Waals surface area contributed by atoms with E-state index in [0.29, 0.717) is 0 Å². The second kappa shape index (κ2) is 6.81. The number of benzene rings is 4. The Hall–Kier alpha value is -4.37. The van der Waals surface area contributed by atoms with Crippen molar-refractivity contribution >= 4 is 43.9 Å². The Labute approximate surface area is 189 Å². The van der Waals surface area contributed by atoms with Crippen molar-refractivity contribution in [2.45, 2.75) is 6.92 Å². The lowest BCUT2D eigenvalue weighted by atomic mass is 9.98. The van der Waals surface area contributed by atoms with Gasteiger partial charge >= 0.3 is 0 Å². The average Bonchev–Trinajstić information content (AvgIpc) is 3.39. The van der Waals surface area contributed by atoms with Crippen molar-refractivity contribution in [1.29, 1.82) is 0 Å². The number of nitrogens with zero attached hydrogens (tertiary/aromatic N) is 1. The van der Waals surface area contributed by atoms with Gasteiger partial charge in [0, 0.05) is 39.4 Å². The smallest absolute Gasteiger partial charge is 0.139 e. The third-order valence-electron chi connectivity index (χ3n) is 6.45. The molecule has 0 fully saturated rings. The van der Waals surface area contributed by atoms with Crippen LogP contribution in [0.2, 0.25) is 0 Å². The molecule has 0 aliphatic rings. The lowest BCUT2D eigenvalue weighted by molar-refractivity contribution is 0.656. The molecule has 3 aromatic heterocycles. The summed E-state index contributed by atoms with van der Waals surface area (Å²) in [6.07, 6.45) is 1.85. The summed E-state index contributed by atoms with van der Waals surface area (Å²) in [5, 5.41) is 4.44. The molecule has 7 aromatic rings. The predicted molar refractivity (Wildman–Crippen MR) is 134 cm³/mol. The first-order valence-corrected chi connectivity index (χ1v) is 11.0. The molecule has 0 unspecified atom stereocenters. The molecule has 33 heavy (non-hydrogen) atoms. The van der Waals surface area contributed by atoms with Gasteiger partial charge < -0.3 is 8.83 Å². The van der Waals surface area contributed by atoms with Crippen LogP contribution >= 0.6 is 0 Å². The van der Waals surface area contributed by atoms with E-state index in [0.717, 1.165) is 66.3 Å². The van der Waals surface area contributed by atoms with Crippen LogP contribution in [-0.4, -0.2) is 4.98 Å². The number of pyridine rings is 1. The van der Waals surface area contributed by atoms with E-state index in [-0.39, 0.29) is 0 Å². The highest BCUT2D eigenvalue weighted by Gasteiger charge is 2.14. The predicted octanol–water partition coefficient (Wildman–Crippen LogP) is 8.52. The maximum atomic E-state index is 6.19. The van der Waals surface area contributed by atoms with Crippen molar-refractivity contribution in [3.63, 3.8) is 0 Å². The first-order chi connectivity index (χ1) is 16.2. The number of fused-ring (bicyclic) bond motifs is 6. The maximum Gasteiger partial charge on any atom is 0.139 e. The Morgan fingerprint density at radius 2 is 1.24 bits per heavy atom. The topological polar surface area (TPSA) is 39.2 Å². The number of rotatable bonds is 2. The average molecular weight is 425 g/mol. The highest BCUT2D eigenvalue weighted by atomic mass is 16.3. The molecule has 4 aromatic carbocycles. The molecular formula is C30H19NO2. The molecule has 0 saturated carbocycles. The van der Waals surface area contributed by atoms with Crippen LogP contribution in [0.4, 0.5) is 0 Å². The van der Waals surface area contributed by atoms with Gasteiger partial charge in [-0.2, -0.15) is 0 Å². The minimum Gasteiger partial charge on any atom is -0.456 e. The van der Waals surface area contributed by atoms with E-state index in [1.807, 2.05) is 36.5 Å². The second-order valence-corrected chi connectivity index (χ2v) is 8.51. The van der Waals surface area contributed by atoms with Crippen molar-refractivity contribution in [2.75, 3.05) is 0 Å². The van der Waals surface area contributed by atoms with Gasteiger partial charge in [-0.15, -0.1) is 0 Å². The number of furan rings is 2. The summed E-state index contributed by atoms with van der Waals surface area (Å²) >= 11 is 0.